The van der Waals surface area contributed by atoms with Gasteiger partial charge in [0.2, 0.25) is 5.95 Å². The summed E-state index contributed by atoms with van der Waals surface area (Å²) in [6.45, 7) is 0.521. The summed E-state index contributed by atoms with van der Waals surface area (Å²) in [6, 6.07) is 13.6. The van der Waals surface area contributed by atoms with E-state index in [4.69, 9.17) is 9.47 Å². The van der Waals surface area contributed by atoms with Gasteiger partial charge < -0.3 is 14.8 Å². The fourth-order valence-corrected chi connectivity index (χ4v) is 3.66. The molecule has 7 nitrogen and oxygen atoms in total. The van der Waals surface area contributed by atoms with Gasteiger partial charge in [-0.25, -0.2) is 9.97 Å². The smallest absolute Gasteiger partial charge is 0.243 e. The number of nitrogens with one attached hydrogen (secondary N) is 1. The topological polar surface area (TPSA) is 82.0 Å². The summed E-state index contributed by atoms with van der Waals surface area (Å²) >= 11 is 1.64. The molecule has 0 fully saturated rings. The van der Waals surface area contributed by atoms with Gasteiger partial charge in [0.1, 0.15) is 22.2 Å². The van der Waals surface area contributed by atoms with Crippen molar-refractivity contribution in [2.45, 2.75) is 6.54 Å². The highest BCUT2D eigenvalue weighted by Gasteiger charge is 2.15. The van der Waals surface area contributed by atoms with Crippen molar-refractivity contribution in [3.63, 3.8) is 0 Å². The molecule has 0 saturated heterocycles. The van der Waals surface area contributed by atoms with Crippen molar-refractivity contribution in [2.24, 2.45) is 0 Å². The Hall–Kier alpha value is -3.26. The number of methoxy groups -OCH3 is 2. The van der Waals surface area contributed by atoms with Gasteiger partial charge in [-0.2, -0.15) is 5.10 Å². The van der Waals surface area contributed by atoms with Crippen LogP contribution in [0.2, 0.25) is 0 Å². The molecule has 0 bridgehead atoms. The van der Waals surface area contributed by atoms with Crippen LogP contribution in [0.15, 0.2) is 48.7 Å². The minimum atomic E-state index is 0.416. The Bertz CT molecular complexity index is 1030. The molecule has 0 amide bonds. The van der Waals surface area contributed by atoms with Crippen LogP contribution in [-0.4, -0.2) is 34.4 Å². The van der Waals surface area contributed by atoms with Gasteiger partial charge in [-0.1, -0.05) is 18.2 Å². The number of hydrogen-bond acceptors (Lipinski definition) is 8. The van der Waals surface area contributed by atoms with Gasteiger partial charge in [-0.05, 0) is 24.3 Å². The summed E-state index contributed by atoms with van der Waals surface area (Å²) in [7, 11) is 3.22. The maximum atomic E-state index is 5.45. The van der Waals surface area contributed by atoms with Crippen LogP contribution in [0.3, 0.4) is 0 Å². The Balaban J connectivity index is 1.60. The van der Waals surface area contributed by atoms with Crippen LogP contribution in [0.25, 0.3) is 21.5 Å². The number of fused-ring (bicyclic) bond motifs is 1. The van der Waals surface area contributed by atoms with Crippen LogP contribution in [0.5, 0.6) is 11.5 Å². The number of anilines is 1. The molecule has 4 rings (SSSR count). The lowest BCUT2D eigenvalue weighted by atomic mass is 10.1. The van der Waals surface area contributed by atoms with Crippen molar-refractivity contribution in [3.8, 4) is 22.8 Å². The Morgan fingerprint density at radius 3 is 2.48 bits per heavy atom. The standard InChI is InChI=1S/C19H17N5O2S/c1-25-14-7-5-8-15(26-2)18(14)13-10-21-24-19(23-13)20-11-17-22-12-6-3-4-9-16(12)27-17/h3-10H,11H2,1-2H3,(H,20,23,24). The average Bonchev–Trinajstić information content (AvgIpc) is 3.15. The van der Waals surface area contributed by atoms with Crippen molar-refractivity contribution >= 4 is 27.5 Å². The minimum Gasteiger partial charge on any atom is -0.496 e. The second-order valence-corrected chi connectivity index (χ2v) is 6.75. The van der Waals surface area contributed by atoms with E-state index >= 15 is 0 Å². The number of rotatable bonds is 6. The maximum Gasteiger partial charge on any atom is 0.243 e. The van der Waals surface area contributed by atoms with Crippen LogP contribution >= 0.6 is 11.3 Å². The Kier molecular flexibility index (Phi) is 4.80. The second-order valence-electron chi connectivity index (χ2n) is 5.63. The molecule has 136 valence electrons. The van der Waals surface area contributed by atoms with Crippen molar-refractivity contribution in [3.05, 3.63) is 53.7 Å². The summed E-state index contributed by atoms with van der Waals surface area (Å²) < 4.78 is 12.0. The van der Waals surface area contributed by atoms with E-state index in [0.29, 0.717) is 29.7 Å². The Morgan fingerprint density at radius 1 is 0.963 bits per heavy atom. The average molecular weight is 379 g/mol. The van der Waals surface area contributed by atoms with Crippen molar-refractivity contribution in [1.82, 2.24) is 20.2 Å². The summed E-state index contributed by atoms with van der Waals surface area (Å²) in [5.74, 6) is 1.73. The van der Waals surface area contributed by atoms with Gasteiger partial charge in [0.25, 0.3) is 0 Å². The van der Waals surface area contributed by atoms with Gasteiger partial charge in [0.15, 0.2) is 0 Å². The molecule has 0 aliphatic heterocycles. The lowest BCUT2D eigenvalue weighted by Crippen LogP contribution is -2.05. The Morgan fingerprint density at radius 2 is 1.74 bits per heavy atom. The van der Waals surface area contributed by atoms with Crippen LogP contribution in [0.4, 0.5) is 5.95 Å². The van der Waals surface area contributed by atoms with Gasteiger partial charge in [-0.3, -0.25) is 0 Å². The molecule has 4 aromatic rings. The second kappa shape index (κ2) is 7.55. The molecule has 0 radical (unpaired) electrons. The number of aromatic nitrogens is 4. The predicted octanol–water partition coefficient (Wildman–Crippen LogP) is 3.78. The van der Waals surface area contributed by atoms with E-state index in [9.17, 15) is 0 Å². The summed E-state index contributed by atoms with van der Waals surface area (Å²) in [4.78, 5) is 9.16. The zero-order valence-corrected chi connectivity index (χ0v) is 15.7. The molecule has 0 saturated carbocycles. The van der Waals surface area contributed by atoms with Crippen LogP contribution in [0.1, 0.15) is 5.01 Å². The van der Waals surface area contributed by atoms with E-state index in [1.807, 2.05) is 36.4 Å². The highest BCUT2D eigenvalue weighted by atomic mass is 32.1. The first-order chi connectivity index (χ1) is 13.3. The van der Waals surface area contributed by atoms with E-state index in [-0.39, 0.29) is 0 Å². The molecule has 2 aromatic heterocycles. The van der Waals surface area contributed by atoms with Crippen molar-refractivity contribution in [1.29, 1.82) is 0 Å². The molecular weight excluding hydrogens is 362 g/mol. The molecule has 0 aliphatic carbocycles. The lowest BCUT2D eigenvalue weighted by molar-refractivity contribution is 0.397. The molecule has 0 spiro atoms. The SMILES string of the molecule is COc1cccc(OC)c1-c1cnnc(NCc2nc3ccccc3s2)n1. The molecule has 0 aliphatic rings. The summed E-state index contributed by atoms with van der Waals surface area (Å²) in [5.41, 5.74) is 2.34. The molecule has 1 N–H and O–H groups in total. The quantitative estimate of drug-likeness (QED) is 0.546. The van der Waals surface area contributed by atoms with E-state index < -0.39 is 0 Å². The molecular formula is C19H17N5O2S. The molecule has 8 heteroatoms. The van der Waals surface area contributed by atoms with Crippen molar-refractivity contribution < 1.29 is 9.47 Å². The van der Waals surface area contributed by atoms with Gasteiger partial charge >= 0.3 is 0 Å². The summed E-state index contributed by atoms with van der Waals surface area (Å²) in [5, 5.41) is 12.3. The third-order valence-electron chi connectivity index (χ3n) is 3.98. The Labute approximate surface area is 160 Å². The third-order valence-corrected chi connectivity index (χ3v) is 5.02. The first kappa shape index (κ1) is 17.2. The molecule has 27 heavy (non-hydrogen) atoms. The highest BCUT2D eigenvalue weighted by molar-refractivity contribution is 7.18. The van der Waals surface area contributed by atoms with E-state index in [1.165, 1.54) is 0 Å². The highest BCUT2D eigenvalue weighted by Crippen LogP contribution is 2.37. The minimum absolute atomic E-state index is 0.416. The number of ether oxygens (including phenoxy) is 2. The largest absolute Gasteiger partial charge is 0.496 e. The zero-order chi connectivity index (χ0) is 18.6. The molecule has 2 aromatic carbocycles. The van der Waals surface area contributed by atoms with Gasteiger partial charge in [0, 0.05) is 0 Å². The zero-order valence-electron chi connectivity index (χ0n) is 14.8. The van der Waals surface area contributed by atoms with Gasteiger partial charge in [0.05, 0.1) is 42.7 Å². The molecule has 0 unspecified atom stereocenters. The monoisotopic (exact) mass is 379 g/mol. The van der Waals surface area contributed by atoms with E-state index in [1.54, 1.807) is 31.8 Å². The van der Waals surface area contributed by atoms with Crippen molar-refractivity contribution in [2.75, 3.05) is 19.5 Å². The maximum absolute atomic E-state index is 5.45. The van der Waals surface area contributed by atoms with E-state index in [2.05, 4.69) is 31.5 Å². The number of hydrogen-bond donors (Lipinski definition) is 1. The first-order valence-electron chi connectivity index (χ1n) is 8.28. The van der Waals surface area contributed by atoms with Crippen LogP contribution in [0, 0.1) is 0 Å². The fourth-order valence-electron chi connectivity index (χ4n) is 2.75. The van der Waals surface area contributed by atoms with Crippen LogP contribution < -0.4 is 14.8 Å². The predicted molar refractivity (Wildman–Crippen MR) is 105 cm³/mol. The lowest BCUT2D eigenvalue weighted by Gasteiger charge is -2.12. The first-order valence-corrected chi connectivity index (χ1v) is 9.09. The number of benzene rings is 2. The van der Waals surface area contributed by atoms with Crippen LogP contribution in [-0.2, 0) is 6.54 Å². The van der Waals surface area contributed by atoms with Gasteiger partial charge in [-0.15, -0.1) is 16.4 Å². The summed E-state index contributed by atoms with van der Waals surface area (Å²) in [6.07, 6.45) is 1.59. The molecule has 2 heterocycles. The fraction of sp³-hybridized carbons (Fsp3) is 0.158. The normalized spacial score (nSPS) is 10.7. The number of para-hydroxylation sites is 1. The number of thiazole rings is 1. The van der Waals surface area contributed by atoms with E-state index in [0.717, 1.165) is 20.8 Å². The molecule has 0 atom stereocenters. The number of nitrogens with zero attached hydrogens (tertiary/aromatic N) is 4. The third kappa shape index (κ3) is 3.52.